The van der Waals surface area contributed by atoms with E-state index in [0.29, 0.717) is 24.0 Å². The van der Waals surface area contributed by atoms with Crippen molar-refractivity contribution in [2.45, 2.75) is 31.5 Å². The summed E-state index contributed by atoms with van der Waals surface area (Å²) in [5.41, 5.74) is -0.588. The molecular weight excluding hydrogens is 288 g/mol. The fourth-order valence-corrected chi connectivity index (χ4v) is 3.22. The Morgan fingerprint density at radius 1 is 0.864 bits per heavy atom. The first kappa shape index (κ1) is 15.0. The van der Waals surface area contributed by atoms with Crippen LogP contribution in [0.2, 0.25) is 0 Å². The van der Waals surface area contributed by atoms with Gasteiger partial charge in [0.15, 0.2) is 0 Å². The highest BCUT2D eigenvalue weighted by molar-refractivity contribution is 5.94. The van der Waals surface area contributed by atoms with Crippen LogP contribution in [0.4, 0.5) is 0 Å². The third-order valence-corrected chi connectivity index (χ3v) is 4.70. The van der Waals surface area contributed by atoms with E-state index in [1.807, 2.05) is 0 Å². The van der Waals surface area contributed by atoms with Gasteiger partial charge >= 0.3 is 11.9 Å². The molecule has 4 rings (SSSR count). The molecule has 0 aromatic heterocycles. The molecule has 0 radical (unpaired) electrons. The first-order chi connectivity index (χ1) is 10.6. The standard InChI is InChI=1S/C16H18O6/c17-9-15(10-18)7-1-2-8-16(15)21-13(19)11-3-4-12(6-5-11)14(20)22-16/h3-6,17-18H,1-2,7-10H2. The van der Waals surface area contributed by atoms with Crippen molar-refractivity contribution in [3.8, 4) is 0 Å². The zero-order chi connectivity index (χ0) is 15.8. The highest BCUT2D eigenvalue weighted by Gasteiger charge is 2.59. The Balaban J connectivity index is 2.10. The molecule has 3 aliphatic rings. The Kier molecular flexibility index (Phi) is 3.66. The summed E-state index contributed by atoms with van der Waals surface area (Å²) in [6, 6.07) is 6.00. The minimum atomic E-state index is -1.64. The van der Waals surface area contributed by atoms with Gasteiger partial charge in [-0.05, 0) is 37.1 Å². The molecule has 6 nitrogen and oxygen atoms in total. The average molecular weight is 306 g/mol. The molecule has 0 amide bonds. The Labute approximate surface area is 127 Å². The highest BCUT2D eigenvalue weighted by Crippen LogP contribution is 2.48. The van der Waals surface area contributed by atoms with Crippen molar-refractivity contribution in [1.29, 1.82) is 0 Å². The van der Waals surface area contributed by atoms with Gasteiger partial charge in [-0.1, -0.05) is 6.42 Å². The molecule has 118 valence electrons. The summed E-state index contributed by atoms with van der Waals surface area (Å²) in [5, 5.41) is 19.6. The quantitative estimate of drug-likeness (QED) is 0.799. The van der Waals surface area contributed by atoms with Crippen LogP contribution in [0.3, 0.4) is 0 Å². The number of aliphatic hydroxyl groups is 2. The molecule has 6 heteroatoms. The van der Waals surface area contributed by atoms with Gasteiger partial charge in [0.05, 0.1) is 29.8 Å². The number of hydrogen-bond acceptors (Lipinski definition) is 6. The molecule has 2 N–H and O–H groups in total. The third-order valence-electron chi connectivity index (χ3n) is 4.70. The van der Waals surface area contributed by atoms with Crippen LogP contribution in [0, 0.1) is 5.41 Å². The molecule has 0 saturated heterocycles. The van der Waals surface area contributed by atoms with Crippen molar-refractivity contribution in [1.82, 2.24) is 0 Å². The van der Waals surface area contributed by atoms with Gasteiger partial charge in [0, 0.05) is 6.42 Å². The maximum atomic E-state index is 12.3. The lowest BCUT2D eigenvalue weighted by molar-refractivity contribution is -0.275. The lowest BCUT2D eigenvalue weighted by Crippen LogP contribution is -2.59. The summed E-state index contributed by atoms with van der Waals surface area (Å²) >= 11 is 0. The predicted molar refractivity (Wildman–Crippen MR) is 75.1 cm³/mol. The van der Waals surface area contributed by atoms with E-state index in [2.05, 4.69) is 0 Å². The van der Waals surface area contributed by atoms with E-state index >= 15 is 0 Å². The van der Waals surface area contributed by atoms with Crippen LogP contribution >= 0.6 is 0 Å². The van der Waals surface area contributed by atoms with Crippen LogP contribution in [0.5, 0.6) is 0 Å². The van der Waals surface area contributed by atoms with E-state index in [9.17, 15) is 19.8 Å². The van der Waals surface area contributed by atoms with Crippen LogP contribution in [0.15, 0.2) is 24.3 Å². The number of benzene rings is 1. The van der Waals surface area contributed by atoms with Crippen molar-refractivity contribution in [3.63, 3.8) is 0 Å². The summed E-state index contributed by atoms with van der Waals surface area (Å²) in [4.78, 5) is 24.7. The topological polar surface area (TPSA) is 93.1 Å². The van der Waals surface area contributed by atoms with Crippen LogP contribution in [-0.4, -0.2) is 41.2 Å². The molecule has 1 spiro atoms. The van der Waals surface area contributed by atoms with Crippen LogP contribution < -0.4 is 0 Å². The van der Waals surface area contributed by atoms with Gasteiger partial charge in [0.1, 0.15) is 0 Å². The van der Waals surface area contributed by atoms with E-state index in [4.69, 9.17) is 9.47 Å². The van der Waals surface area contributed by atoms with E-state index in [1.165, 1.54) is 24.3 Å². The lowest BCUT2D eigenvalue weighted by atomic mass is 9.69. The molecule has 2 aliphatic heterocycles. The molecule has 1 saturated carbocycles. The molecule has 1 fully saturated rings. The minimum absolute atomic E-state index is 0.256. The predicted octanol–water partition coefficient (Wildman–Crippen LogP) is 1.26. The smallest absolute Gasteiger partial charge is 0.341 e. The Morgan fingerprint density at radius 2 is 1.32 bits per heavy atom. The number of carbonyl (C=O) groups excluding carboxylic acids is 2. The number of fused-ring (bicyclic) bond motifs is 4. The maximum absolute atomic E-state index is 12.3. The summed E-state index contributed by atoms with van der Waals surface area (Å²) in [6.45, 7) is -0.870. The first-order valence-electron chi connectivity index (χ1n) is 7.34. The zero-order valence-corrected chi connectivity index (χ0v) is 12.1. The largest absolute Gasteiger partial charge is 0.418 e. The molecule has 0 unspecified atom stereocenters. The fraction of sp³-hybridized carbons (Fsp3) is 0.500. The summed E-state index contributed by atoms with van der Waals surface area (Å²) in [6.07, 6.45) is 2.09. The van der Waals surface area contributed by atoms with E-state index in [-0.39, 0.29) is 6.42 Å². The van der Waals surface area contributed by atoms with Gasteiger partial charge in [0.25, 0.3) is 5.79 Å². The normalized spacial score (nSPS) is 22.5. The van der Waals surface area contributed by atoms with Gasteiger partial charge < -0.3 is 19.7 Å². The number of ether oxygens (including phenoxy) is 2. The fourth-order valence-electron chi connectivity index (χ4n) is 3.22. The molecule has 2 bridgehead atoms. The number of aliphatic hydroxyl groups excluding tert-OH is 2. The van der Waals surface area contributed by atoms with Gasteiger partial charge in [-0.25, -0.2) is 9.59 Å². The Bertz CT molecular complexity index is 550. The van der Waals surface area contributed by atoms with Gasteiger partial charge in [-0.15, -0.1) is 0 Å². The van der Waals surface area contributed by atoms with Crippen molar-refractivity contribution >= 4 is 11.9 Å². The number of rotatable bonds is 2. The maximum Gasteiger partial charge on any atom is 0.341 e. The number of carbonyl (C=O) groups is 2. The van der Waals surface area contributed by atoms with E-state index in [0.717, 1.165) is 6.42 Å². The SMILES string of the molecule is O=C1OC2(CCCCC2(CO)CO)OC(=O)c2ccc1cc2. The minimum Gasteiger partial charge on any atom is -0.418 e. The molecule has 2 heterocycles. The molecule has 1 aromatic rings. The molecule has 1 aromatic carbocycles. The van der Waals surface area contributed by atoms with Gasteiger partial charge in [-0.3, -0.25) is 0 Å². The van der Waals surface area contributed by atoms with Crippen LogP contribution in [-0.2, 0) is 9.47 Å². The molecular formula is C16H18O6. The monoisotopic (exact) mass is 306 g/mol. The van der Waals surface area contributed by atoms with Gasteiger partial charge in [0.2, 0.25) is 0 Å². The second kappa shape index (κ2) is 5.37. The second-order valence-electron chi connectivity index (χ2n) is 5.91. The number of hydrogen-bond donors (Lipinski definition) is 2. The van der Waals surface area contributed by atoms with Gasteiger partial charge in [-0.2, -0.15) is 0 Å². The molecule has 22 heavy (non-hydrogen) atoms. The van der Waals surface area contributed by atoms with Crippen LogP contribution in [0.1, 0.15) is 46.4 Å². The second-order valence-corrected chi connectivity index (χ2v) is 5.91. The third kappa shape index (κ3) is 2.10. The first-order valence-corrected chi connectivity index (χ1v) is 7.34. The van der Waals surface area contributed by atoms with Crippen molar-refractivity contribution in [3.05, 3.63) is 35.4 Å². The van der Waals surface area contributed by atoms with Crippen molar-refractivity contribution in [2.24, 2.45) is 5.41 Å². The van der Waals surface area contributed by atoms with E-state index in [1.54, 1.807) is 0 Å². The summed E-state index contributed by atoms with van der Waals surface area (Å²) in [7, 11) is 0. The lowest BCUT2D eigenvalue weighted by Gasteiger charge is -2.49. The number of esters is 2. The molecule has 0 atom stereocenters. The molecule has 1 aliphatic carbocycles. The van der Waals surface area contributed by atoms with Crippen molar-refractivity contribution in [2.75, 3.05) is 13.2 Å². The van der Waals surface area contributed by atoms with Crippen molar-refractivity contribution < 1.29 is 29.3 Å². The highest BCUT2D eigenvalue weighted by atomic mass is 16.7. The van der Waals surface area contributed by atoms with Crippen LogP contribution in [0.25, 0.3) is 0 Å². The summed E-state index contributed by atoms with van der Waals surface area (Å²) < 4.78 is 11.1. The Hall–Kier alpha value is -1.92. The summed E-state index contributed by atoms with van der Waals surface area (Å²) in [5.74, 6) is -2.90. The average Bonchev–Trinajstić information content (AvgIpc) is 2.62. The Morgan fingerprint density at radius 3 is 1.77 bits per heavy atom. The zero-order valence-electron chi connectivity index (χ0n) is 12.1. The van der Waals surface area contributed by atoms with E-state index < -0.39 is 36.4 Å².